The highest BCUT2D eigenvalue weighted by molar-refractivity contribution is 5.76. The van der Waals surface area contributed by atoms with Gasteiger partial charge in [-0.15, -0.1) is 0 Å². The molecule has 2 aromatic rings. The molecule has 1 fully saturated rings. The van der Waals surface area contributed by atoms with E-state index < -0.39 is 0 Å². The normalized spacial score (nSPS) is 25.3. The molecule has 1 saturated heterocycles. The Kier molecular flexibility index (Phi) is 2.61. The fourth-order valence-corrected chi connectivity index (χ4v) is 2.59. The summed E-state index contributed by atoms with van der Waals surface area (Å²) in [6.07, 6.45) is 0.913. The summed E-state index contributed by atoms with van der Waals surface area (Å²) in [5, 5.41) is 0. The van der Waals surface area contributed by atoms with Crippen LogP contribution in [0.5, 0.6) is 0 Å². The van der Waals surface area contributed by atoms with Crippen molar-refractivity contribution in [3.63, 3.8) is 0 Å². The van der Waals surface area contributed by atoms with Crippen molar-refractivity contribution >= 4 is 11.0 Å². The lowest BCUT2D eigenvalue weighted by Crippen LogP contribution is -2.40. The van der Waals surface area contributed by atoms with Crippen LogP contribution in [-0.4, -0.2) is 28.8 Å². The molecular weight excluding hydrogens is 214 g/mol. The van der Waals surface area contributed by atoms with Crippen molar-refractivity contribution in [3.8, 4) is 0 Å². The molecule has 90 valence electrons. The molecular formula is C13H17N3O. The molecule has 1 aliphatic heterocycles. The number of ether oxygens (including phenoxy) is 1. The van der Waals surface area contributed by atoms with Crippen LogP contribution < -0.4 is 5.73 Å². The summed E-state index contributed by atoms with van der Waals surface area (Å²) < 4.78 is 7.77. The van der Waals surface area contributed by atoms with Crippen LogP contribution in [0.25, 0.3) is 11.0 Å². The van der Waals surface area contributed by atoms with Crippen LogP contribution in [0.15, 0.2) is 24.3 Å². The second kappa shape index (κ2) is 4.13. The van der Waals surface area contributed by atoms with Crippen molar-refractivity contribution < 1.29 is 4.74 Å². The Morgan fingerprint density at radius 3 is 3.06 bits per heavy atom. The third-order valence-corrected chi connectivity index (χ3v) is 3.48. The van der Waals surface area contributed by atoms with Crippen LogP contribution in [0.4, 0.5) is 0 Å². The van der Waals surface area contributed by atoms with E-state index in [4.69, 9.17) is 10.5 Å². The highest BCUT2D eigenvalue weighted by Gasteiger charge is 2.26. The number of imidazole rings is 1. The number of nitrogens with two attached hydrogens (primary N) is 1. The standard InChI is InChI=1S/C13H17N3O/c1-9-15-11-4-2-3-5-12(11)16(9)13-8-17-7-6-10(13)14/h2-5,10,13H,6-8,14H2,1H3. The predicted octanol–water partition coefficient (Wildman–Crippen LogP) is 1.63. The van der Waals surface area contributed by atoms with Gasteiger partial charge in [0.15, 0.2) is 0 Å². The van der Waals surface area contributed by atoms with E-state index in [0.29, 0.717) is 6.61 Å². The zero-order valence-corrected chi connectivity index (χ0v) is 9.97. The van der Waals surface area contributed by atoms with Gasteiger partial charge >= 0.3 is 0 Å². The van der Waals surface area contributed by atoms with Crippen molar-refractivity contribution in [1.29, 1.82) is 0 Å². The van der Waals surface area contributed by atoms with E-state index in [-0.39, 0.29) is 12.1 Å². The lowest BCUT2D eigenvalue weighted by Gasteiger charge is -2.31. The van der Waals surface area contributed by atoms with Crippen LogP contribution in [0.2, 0.25) is 0 Å². The highest BCUT2D eigenvalue weighted by atomic mass is 16.5. The molecule has 0 bridgehead atoms. The molecule has 17 heavy (non-hydrogen) atoms. The quantitative estimate of drug-likeness (QED) is 0.811. The molecule has 0 amide bonds. The number of nitrogens with zero attached hydrogens (tertiary/aromatic N) is 2. The largest absolute Gasteiger partial charge is 0.379 e. The summed E-state index contributed by atoms with van der Waals surface area (Å²) in [4.78, 5) is 4.57. The van der Waals surface area contributed by atoms with Crippen LogP contribution in [-0.2, 0) is 4.74 Å². The number of rotatable bonds is 1. The SMILES string of the molecule is Cc1nc2ccccc2n1C1COCCC1N. The van der Waals surface area contributed by atoms with Crippen LogP contribution in [0.3, 0.4) is 0 Å². The second-order valence-electron chi connectivity index (χ2n) is 4.61. The molecule has 2 atom stereocenters. The van der Waals surface area contributed by atoms with Crippen molar-refractivity contribution in [2.45, 2.75) is 25.4 Å². The molecule has 1 aromatic carbocycles. The van der Waals surface area contributed by atoms with Gasteiger partial charge in [-0.1, -0.05) is 12.1 Å². The Balaban J connectivity index is 2.12. The molecule has 0 spiro atoms. The molecule has 1 aliphatic rings. The Morgan fingerprint density at radius 1 is 1.41 bits per heavy atom. The van der Waals surface area contributed by atoms with Gasteiger partial charge in [0.2, 0.25) is 0 Å². The number of fused-ring (bicyclic) bond motifs is 1. The maximum absolute atomic E-state index is 6.20. The first-order valence-corrected chi connectivity index (χ1v) is 6.04. The predicted molar refractivity (Wildman–Crippen MR) is 66.9 cm³/mol. The molecule has 0 radical (unpaired) electrons. The highest BCUT2D eigenvalue weighted by Crippen LogP contribution is 2.25. The summed E-state index contributed by atoms with van der Waals surface area (Å²) in [5.41, 5.74) is 8.38. The van der Waals surface area contributed by atoms with Gasteiger partial charge in [-0.2, -0.15) is 0 Å². The lowest BCUT2D eigenvalue weighted by atomic mass is 10.0. The van der Waals surface area contributed by atoms with Gasteiger partial charge in [0.05, 0.1) is 23.7 Å². The van der Waals surface area contributed by atoms with E-state index in [1.54, 1.807) is 0 Å². The minimum atomic E-state index is 0.153. The van der Waals surface area contributed by atoms with Gasteiger partial charge < -0.3 is 15.0 Å². The number of aromatic nitrogens is 2. The van der Waals surface area contributed by atoms with Crippen LogP contribution >= 0.6 is 0 Å². The summed E-state index contributed by atoms with van der Waals surface area (Å²) >= 11 is 0. The summed E-state index contributed by atoms with van der Waals surface area (Å²) in [7, 11) is 0. The number of hydrogen-bond donors (Lipinski definition) is 1. The lowest BCUT2D eigenvalue weighted by molar-refractivity contribution is 0.0475. The monoisotopic (exact) mass is 231 g/mol. The van der Waals surface area contributed by atoms with Crippen LogP contribution in [0, 0.1) is 6.92 Å². The van der Waals surface area contributed by atoms with Gasteiger partial charge in [0, 0.05) is 12.6 Å². The van der Waals surface area contributed by atoms with Crippen molar-refractivity contribution in [1.82, 2.24) is 9.55 Å². The average Bonchev–Trinajstić information content (AvgIpc) is 2.66. The molecule has 0 aliphatic carbocycles. The smallest absolute Gasteiger partial charge is 0.107 e. The molecule has 0 saturated carbocycles. The first-order chi connectivity index (χ1) is 8.27. The molecule has 4 nitrogen and oxygen atoms in total. The van der Waals surface area contributed by atoms with Gasteiger partial charge in [-0.3, -0.25) is 0 Å². The van der Waals surface area contributed by atoms with E-state index in [1.807, 2.05) is 25.1 Å². The first-order valence-electron chi connectivity index (χ1n) is 6.04. The molecule has 3 rings (SSSR count). The molecule has 2 N–H and O–H groups in total. The van der Waals surface area contributed by atoms with Gasteiger partial charge in [0.1, 0.15) is 5.82 Å². The minimum absolute atomic E-state index is 0.153. The Morgan fingerprint density at radius 2 is 2.24 bits per heavy atom. The summed E-state index contributed by atoms with van der Waals surface area (Å²) in [5.74, 6) is 1.01. The second-order valence-corrected chi connectivity index (χ2v) is 4.61. The van der Waals surface area contributed by atoms with Crippen molar-refractivity contribution in [2.24, 2.45) is 5.73 Å². The number of hydrogen-bond acceptors (Lipinski definition) is 3. The van der Waals surface area contributed by atoms with E-state index in [1.165, 1.54) is 0 Å². The summed E-state index contributed by atoms with van der Waals surface area (Å²) in [6.45, 7) is 3.48. The van der Waals surface area contributed by atoms with E-state index >= 15 is 0 Å². The maximum atomic E-state index is 6.20. The first kappa shape index (κ1) is 10.7. The third-order valence-electron chi connectivity index (χ3n) is 3.48. The molecule has 1 aromatic heterocycles. The zero-order chi connectivity index (χ0) is 11.8. The number of para-hydroxylation sites is 2. The zero-order valence-electron chi connectivity index (χ0n) is 9.97. The average molecular weight is 231 g/mol. The molecule has 4 heteroatoms. The van der Waals surface area contributed by atoms with Crippen molar-refractivity contribution in [3.05, 3.63) is 30.1 Å². The van der Waals surface area contributed by atoms with Gasteiger partial charge in [-0.25, -0.2) is 4.98 Å². The van der Waals surface area contributed by atoms with E-state index in [2.05, 4.69) is 15.6 Å². The molecule has 2 heterocycles. The number of benzene rings is 1. The Bertz CT molecular complexity index is 534. The fraction of sp³-hybridized carbons (Fsp3) is 0.462. The summed E-state index contributed by atoms with van der Waals surface area (Å²) in [6, 6.07) is 8.53. The number of aryl methyl sites for hydroxylation is 1. The van der Waals surface area contributed by atoms with Gasteiger partial charge in [0.25, 0.3) is 0 Å². The Hall–Kier alpha value is -1.39. The van der Waals surface area contributed by atoms with E-state index in [9.17, 15) is 0 Å². The van der Waals surface area contributed by atoms with Crippen LogP contribution in [0.1, 0.15) is 18.3 Å². The van der Waals surface area contributed by atoms with E-state index in [0.717, 1.165) is 29.9 Å². The fourth-order valence-electron chi connectivity index (χ4n) is 2.59. The Labute approximate surface area is 100 Å². The minimum Gasteiger partial charge on any atom is -0.379 e. The van der Waals surface area contributed by atoms with Gasteiger partial charge in [-0.05, 0) is 25.5 Å². The topological polar surface area (TPSA) is 53.1 Å². The van der Waals surface area contributed by atoms with Crippen molar-refractivity contribution in [2.75, 3.05) is 13.2 Å². The molecule has 2 unspecified atom stereocenters. The third kappa shape index (κ3) is 1.73. The maximum Gasteiger partial charge on any atom is 0.107 e.